The fourth-order valence-electron chi connectivity index (χ4n) is 2.21. The lowest BCUT2D eigenvalue weighted by Crippen LogP contribution is -2.12. The number of aromatic nitrogens is 2. The first-order valence-electron chi connectivity index (χ1n) is 6.23. The SMILES string of the molecule is Oc1c(F)c(-n2nc(F)c3cc(Br)ccc32)cc(C(F)(F)F)c1F. The smallest absolute Gasteiger partial charge is 0.419 e. The van der Waals surface area contributed by atoms with Crippen LogP contribution in [0.3, 0.4) is 0 Å². The van der Waals surface area contributed by atoms with Gasteiger partial charge in [-0.1, -0.05) is 15.9 Å². The van der Waals surface area contributed by atoms with Gasteiger partial charge in [0.25, 0.3) is 0 Å². The highest BCUT2D eigenvalue weighted by Crippen LogP contribution is 2.39. The van der Waals surface area contributed by atoms with Gasteiger partial charge in [-0.05, 0) is 24.3 Å². The number of nitrogens with zero attached hydrogens (tertiary/aromatic N) is 2. The molecule has 0 atom stereocenters. The van der Waals surface area contributed by atoms with Crippen molar-refractivity contribution in [2.24, 2.45) is 0 Å². The molecular formula is C14H5BrF6N2O. The first-order valence-corrected chi connectivity index (χ1v) is 7.03. The lowest BCUT2D eigenvalue weighted by Gasteiger charge is -2.13. The number of phenolic OH excluding ortho intramolecular Hbond substituents is 1. The lowest BCUT2D eigenvalue weighted by molar-refractivity contribution is -0.140. The van der Waals surface area contributed by atoms with Crippen molar-refractivity contribution in [3.05, 3.63) is 51.9 Å². The van der Waals surface area contributed by atoms with Crippen LogP contribution in [-0.4, -0.2) is 14.9 Å². The summed E-state index contributed by atoms with van der Waals surface area (Å²) in [6.45, 7) is 0. The van der Waals surface area contributed by atoms with E-state index in [4.69, 9.17) is 0 Å². The van der Waals surface area contributed by atoms with Gasteiger partial charge >= 0.3 is 6.18 Å². The first kappa shape index (κ1) is 16.6. The molecule has 0 amide bonds. The third-order valence-corrected chi connectivity index (χ3v) is 3.78. The van der Waals surface area contributed by atoms with Gasteiger partial charge in [0.15, 0.2) is 17.4 Å². The standard InChI is InChI=1S/C14H5BrF6N2O/c15-5-1-2-8-6(3-5)13(18)22-23(8)9-4-7(14(19,20)21)10(16)12(24)11(9)17/h1-4,24H. The summed E-state index contributed by atoms with van der Waals surface area (Å²) in [4.78, 5) is 0. The predicted octanol–water partition coefficient (Wildman–Crippen LogP) is 4.93. The summed E-state index contributed by atoms with van der Waals surface area (Å²) in [6, 6.07) is 4.13. The van der Waals surface area contributed by atoms with Crippen molar-refractivity contribution in [1.82, 2.24) is 9.78 Å². The molecule has 0 aliphatic heterocycles. The summed E-state index contributed by atoms with van der Waals surface area (Å²) in [7, 11) is 0. The Morgan fingerprint density at radius 3 is 2.33 bits per heavy atom. The number of phenols is 1. The molecule has 3 rings (SSSR count). The van der Waals surface area contributed by atoms with Crippen molar-refractivity contribution >= 4 is 26.8 Å². The molecule has 0 aliphatic carbocycles. The van der Waals surface area contributed by atoms with Crippen LogP contribution in [0.2, 0.25) is 0 Å². The molecule has 0 aliphatic rings. The zero-order chi connectivity index (χ0) is 17.8. The Balaban J connectivity index is 2.37. The maximum atomic E-state index is 14.1. The van der Waals surface area contributed by atoms with Gasteiger partial charge in [-0.2, -0.15) is 17.6 Å². The molecule has 0 saturated heterocycles. The van der Waals surface area contributed by atoms with Crippen LogP contribution in [0, 0.1) is 17.6 Å². The number of benzene rings is 2. The molecule has 10 heteroatoms. The van der Waals surface area contributed by atoms with Crippen LogP contribution in [0.5, 0.6) is 5.75 Å². The number of alkyl halides is 3. The summed E-state index contributed by atoms with van der Waals surface area (Å²) in [5.74, 6) is -6.72. The molecule has 1 aromatic heterocycles. The Morgan fingerprint density at radius 1 is 1.04 bits per heavy atom. The molecule has 1 N–H and O–H groups in total. The average Bonchev–Trinajstić information content (AvgIpc) is 2.80. The summed E-state index contributed by atoms with van der Waals surface area (Å²) in [5.41, 5.74) is -2.89. The van der Waals surface area contributed by atoms with Gasteiger partial charge in [-0.15, -0.1) is 5.10 Å². The summed E-state index contributed by atoms with van der Waals surface area (Å²) < 4.78 is 81.0. The summed E-state index contributed by atoms with van der Waals surface area (Å²) in [6.07, 6.45) is -5.19. The van der Waals surface area contributed by atoms with E-state index in [1.165, 1.54) is 18.2 Å². The number of rotatable bonds is 1. The monoisotopic (exact) mass is 410 g/mol. The molecular weight excluding hydrogens is 406 g/mol. The van der Waals surface area contributed by atoms with Gasteiger partial charge in [0.2, 0.25) is 5.95 Å². The Bertz CT molecular complexity index is 966. The largest absolute Gasteiger partial charge is 0.503 e. The quantitative estimate of drug-likeness (QED) is 0.577. The minimum atomic E-state index is -5.19. The van der Waals surface area contributed by atoms with Crippen LogP contribution < -0.4 is 0 Å². The van der Waals surface area contributed by atoms with Gasteiger partial charge in [0.1, 0.15) is 5.69 Å². The second-order valence-electron chi connectivity index (χ2n) is 4.78. The van der Waals surface area contributed by atoms with E-state index in [2.05, 4.69) is 21.0 Å². The number of fused-ring (bicyclic) bond motifs is 1. The molecule has 0 radical (unpaired) electrons. The van der Waals surface area contributed by atoms with Gasteiger partial charge in [0.05, 0.1) is 16.5 Å². The first-order chi connectivity index (χ1) is 11.1. The fraction of sp³-hybridized carbons (Fsp3) is 0.0714. The van der Waals surface area contributed by atoms with E-state index >= 15 is 0 Å². The number of hydrogen-bond donors (Lipinski definition) is 1. The minimum Gasteiger partial charge on any atom is -0.503 e. The zero-order valence-corrected chi connectivity index (χ0v) is 12.9. The van der Waals surface area contributed by atoms with E-state index < -0.39 is 40.8 Å². The van der Waals surface area contributed by atoms with Gasteiger partial charge in [-0.25, -0.2) is 13.5 Å². The van der Waals surface area contributed by atoms with E-state index in [-0.39, 0.29) is 17.0 Å². The number of halogens is 7. The number of hydrogen-bond acceptors (Lipinski definition) is 2. The van der Waals surface area contributed by atoms with Crippen LogP contribution in [0.1, 0.15) is 5.56 Å². The third-order valence-electron chi connectivity index (χ3n) is 3.29. The molecule has 0 bridgehead atoms. The molecule has 1 heterocycles. The van der Waals surface area contributed by atoms with Crippen LogP contribution in [-0.2, 0) is 6.18 Å². The van der Waals surface area contributed by atoms with Crippen LogP contribution in [0.4, 0.5) is 26.3 Å². The molecule has 0 fully saturated rings. The van der Waals surface area contributed by atoms with E-state index in [9.17, 15) is 31.4 Å². The van der Waals surface area contributed by atoms with E-state index in [1.54, 1.807) is 0 Å². The van der Waals surface area contributed by atoms with E-state index in [1.807, 2.05) is 0 Å². The molecule has 24 heavy (non-hydrogen) atoms. The van der Waals surface area contributed by atoms with Crippen molar-refractivity contribution in [3.63, 3.8) is 0 Å². The summed E-state index contributed by atoms with van der Waals surface area (Å²) in [5, 5.41) is 12.6. The average molecular weight is 411 g/mol. The van der Waals surface area contributed by atoms with Crippen LogP contribution in [0.25, 0.3) is 16.6 Å². The van der Waals surface area contributed by atoms with Crippen LogP contribution in [0.15, 0.2) is 28.7 Å². The Labute approximate surface area is 138 Å². The van der Waals surface area contributed by atoms with E-state index in [0.29, 0.717) is 9.15 Å². The second-order valence-corrected chi connectivity index (χ2v) is 5.70. The maximum Gasteiger partial charge on any atom is 0.419 e. The normalized spacial score (nSPS) is 12.1. The Hall–Kier alpha value is -2.23. The van der Waals surface area contributed by atoms with Gasteiger partial charge in [-0.3, -0.25) is 0 Å². The predicted molar refractivity (Wildman–Crippen MR) is 75.3 cm³/mol. The lowest BCUT2D eigenvalue weighted by atomic mass is 10.1. The third kappa shape index (κ3) is 2.50. The highest BCUT2D eigenvalue weighted by Gasteiger charge is 2.38. The van der Waals surface area contributed by atoms with E-state index in [0.717, 1.165) is 0 Å². The highest BCUT2D eigenvalue weighted by molar-refractivity contribution is 9.10. The van der Waals surface area contributed by atoms with Crippen LogP contribution >= 0.6 is 15.9 Å². The summed E-state index contributed by atoms with van der Waals surface area (Å²) >= 11 is 3.09. The molecule has 3 aromatic rings. The van der Waals surface area contributed by atoms with Gasteiger partial charge < -0.3 is 5.11 Å². The maximum absolute atomic E-state index is 14.1. The number of aromatic hydroxyl groups is 1. The highest BCUT2D eigenvalue weighted by atomic mass is 79.9. The molecule has 0 spiro atoms. The van der Waals surface area contributed by atoms with Gasteiger partial charge in [0, 0.05) is 4.47 Å². The molecule has 3 nitrogen and oxygen atoms in total. The van der Waals surface area contributed by atoms with Crippen molar-refractivity contribution in [3.8, 4) is 11.4 Å². The fourth-order valence-corrected chi connectivity index (χ4v) is 2.57. The van der Waals surface area contributed by atoms with Crippen molar-refractivity contribution in [1.29, 1.82) is 0 Å². The topological polar surface area (TPSA) is 38.0 Å². The van der Waals surface area contributed by atoms with Crippen molar-refractivity contribution in [2.45, 2.75) is 6.18 Å². The zero-order valence-electron chi connectivity index (χ0n) is 11.3. The van der Waals surface area contributed by atoms with Crippen molar-refractivity contribution in [2.75, 3.05) is 0 Å². The Kier molecular flexibility index (Phi) is 3.74. The molecule has 126 valence electrons. The molecule has 0 unspecified atom stereocenters. The Morgan fingerprint density at radius 2 is 1.71 bits per heavy atom. The molecule has 2 aromatic carbocycles. The second kappa shape index (κ2) is 5.40. The van der Waals surface area contributed by atoms with Crippen molar-refractivity contribution < 1.29 is 31.4 Å². The molecule has 0 saturated carbocycles. The minimum absolute atomic E-state index is 0.0614.